The lowest BCUT2D eigenvalue weighted by Gasteiger charge is -2.40. The maximum Gasteiger partial charge on any atom is 0.346 e. The van der Waals surface area contributed by atoms with Crippen LogP contribution in [0, 0.1) is 24.1 Å². The van der Waals surface area contributed by atoms with Crippen molar-refractivity contribution in [3.63, 3.8) is 0 Å². The van der Waals surface area contributed by atoms with Crippen LogP contribution < -0.4 is 15.9 Å². The predicted octanol–water partition coefficient (Wildman–Crippen LogP) is 2.43. The van der Waals surface area contributed by atoms with E-state index in [0.717, 1.165) is 32.2 Å². The number of hydrogen-bond acceptors (Lipinski definition) is 5. The highest BCUT2D eigenvalue weighted by molar-refractivity contribution is 5.75. The van der Waals surface area contributed by atoms with Gasteiger partial charge in [0.05, 0.1) is 17.7 Å². The highest BCUT2D eigenvalue weighted by Gasteiger charge is 2.39. The number of piperidine rings is 1. The van der Waals surface area contributed by atoms with Crippen LogP contribution in [0.3, 0.4) is 0 Å². The molecule has 0 unspecified atom stereocenters. The summed E-state index contributed by atoms with van der Waals surface area (Å²) in [5, 5.41) is 11.9. The van der Waals surface area contributed by atoms with Crippen LogP contribution in [-0.2, 0) is 6.54 Å². The van der Waals surface area contributed by atoms with E-state index in [9.17, 15) is 14.0 Å². The number of H-pyrrole nitrogens is 1. The second kappa shape index (κ2) is 8.76. The second-order valence-corrected chi connectivity index (χ2v) is 8.17. The van der Waals surface area contributed by atoms with Gasteiger partial charge in [-0.15, -0.1) is 0 Å². The number of carbonyl (C=O) groups is 1. The number of urea groups is 1. The molecule has 1 saturated carbocycles. The molecule has 31 heavy (non-hydrogen) atoms. The van der Waals surface area contributed by atoms with E-state index < -0.39 is 11.5 Å². The smallest absolute Gasteiger partial charge is 0.346 e. The lowest BCUT2D eigenvalue weighted by atomic mass is 10.0. The van der Waals surface area contributed by atoms with Crippen molar-refractivity contribution in [1.82, 2.24) is 20.2 Å². The number of nitrogens with one attached hydrogen (secondary N) is 2. The van der Waals surface area contributed by atoms with Crippen LogP contribution in [0.15, 0.2) is 29.2 Å². The zero-order chi connectivity index (χ0) is 22.0. The molecule has 1 atom stereocenters. The number of aromatic amines is 1. The predicted molar refractivity (Wildman–Crippen MR) is 113 cm³/mol. The molecule has 1 aliphatic heterocycles. The third-order valence-corrected chi connectivity index (χ3v) is 5.91. The molecule has 2 heterocycles. The topological polar surface area (TPSA) is 105 Å². The number of aryl methyl sites for hydroxylation is 1. The number of amides is 2. The number of anilines is 1. The Morgan fingerprint density at radius 1 is 1.39 bits per heavy atom. The molecule has 9 heteroatoms. The van der Waals surface area contributed by atoms with E-state index in [4.69, 9.17) is 5.26 Å². The van der Waals surface area contributed by atoms with Crippen LogP contribution in [0.25, 0.3) is 0 Å². The monoisotopic (exact) mass is 424 g/mol. The summed E-state index contributed by atoms with van der Waals surface area (Å²) in [5.41, 5.74) is 0.946. The molecule has 2 aliphatic rings. The van der Waals surface area contributed by atoms with Gasteiger partial charge in [-0.1, -0.05) is 6.07 Å². The summed E-state index contributed by atoms with van der Waals surface area (Å²) in [6, 6.07) is 6.54. The van der Waals surface area contributed by atoms with Crippen molar-refractivity contribution in [1.29, 1.82) is 5.26 Å². The van der Waals surface area contributed by atoms with Gasteiger partial charge in [-0.05, 0) is 50.3 Å². The van der Waals surface area contributed by atoms with Crippen molar-refractivity contribution in [2.24, 2.45) is 0 Å². The number of halogens is 1. The van der Waals surface area contributed by atoms with Crippen molar-refractivity contribution in [3.8, 4) is 6.07 Å². The average molecular weight is 424 g/mol. The Morgan fingerprint density at radius 3 is 2.90 bits per heavy atom. The van der Waals surface area contributed by atoms with Crippen LogP contribution in [0.5, 0.6) is 0 Å². The zero-order valence-corrected chi connectivity index (χ0v) is 17.4. The number of rotatable bonds is 5. The van der Waals surface area contributed by atoms with E-state index in [-0.39, 0.29) is 24.7 Å². The fourth-order valence-electron chi connectivity index (χ4n) is 4.19. The van der Waals surface area contributed by atoms with Crippen LogP contribution in [0.2, 0.25) is 0 Å². The molecule has 8 nitrogen and oxygen atoms in total. The van der Waals surface area contributed by atoms with Gasteiger partial charge in [0.1, 0.15) is 11.6 Å². The minimum Gasteiger partial charge on any atom is -0.356 e. The van der Waals surface area contributed by atoms with Crippen molar-refractivity contribution in [2.45, 2.75) is 51.2 Å². The van der Waals surface area contributed by atoms with Crippen LogP contribution in [0.1, 0.15) is 42.4 Å². The second-order valence-electron chi connectivity index (χ2n) is 8.17. The van der Waals surface area contributed by atoms with Crippen LogP contribution in [-0.4, -0.2) is 46.1 Å². The number of carbonyl (C=O) groups excluding carboxylic acids is 1. The molecule has 162 valence electrons. The van der Waals surface area contributed by atoms with E-state index in [1.807, 2.05) is 11.0 Å². The summed E-state index contributed by atoms with van der Waals surface area (Å²) >= 11 is 0. The summed E-state index contributed by atoms with van der Waals surface area (Å²) in [5.74, 6) is 0.210. The van der Waals surface area contributed by atoms with Crippen molar-refractivity contribution in [2.75, 3.05) is 18.0 Å². The SMILES string of the molecule is Cc1cc(CNC(=O)N(C2CC2)[C@@H]2CCCN(c3ccnc(=O)[nH]3)C2)c(F)cc1C#N. The Kier molecular flexibility index (Phi) is 5.89. The van der Waals surface area contributed by atoms with Crippen molar-refractivity contribution >= 4 is 11.8 Å². The van der Waals surface area contributed by atoms with Gasteiger partial charge in [0.25, 0.3) is 0 Å². The lowest BCUT2D eigenvalue weighted by Crippen LogP contribution is -2.54. The zero-order valence-electron chi connectivity index (χ0n) is 17.4. The largest absolute Gasteiger partial charge is 0.356 e. The summed E-state index contributed by atoms with van der Waals surface area (Å²) in [4.78, 5) is 35.0. The van der Waals surface area contributed by atoms with Gasteiger partial charge in [-0.3, -0.25) is 4.98 Å². The molecule has 1 aliphatic carbocycles. The van der Waals surface area contributed by atoms with Gasteiger partial charge in [-0.25, -0.2) is 19.0 Å². The van der Waals surface area contributed by atoms with E-state index >= 15 is 0 Å². The first-order chi connectivity index (χ1) is 15.0. The van der Waals surface area contributed by atoms with Crippen LogP contribution in [0.4, 0.5) is 15.0 Å². The third kappa shape index (κ3) is 4.68. The molecule has 0 spiro atoms. The summed E-state index contributed by atoms with van der Waals surface area (Å²) < 4.78 is 14.3. The summed E-state index contributed by atoms with van der Waals surface area (Å²) in [7, 11) is 0. The first-order valence-electron chi connectivity index (χ1n) is 10.5. The Bertz CT molecular complexity index is 1070. The quantitative estimate of drug-likeness (QED) is 0.767. The van der Waals surface area contributed by atoms with Gasteiger partial charge in [-0.2, -0.15) is 5.26 Å². The van der Waals surface area contributed by atoms with Gasteiger partial charge >= 0.3 is 11.7 Å². The Hall–Kier alpha value is -3.41. The molecule has 1 aromatic carbocycles. The fourth-order valence-corrected chi connectivity index (χ4v) is 4.19. The van der Waals surface area contributed by atoms with E-state index in [0.29, 0.717) is 29.1 Å². The highest BCUT2D eigenvalue weighted by Crippen LogP contribution is 2.32. The van der Waals surface area contributed by atoms with E-state index in [2.05, 4.69) is 20.2 Å². The average Bonchev–Trinajstić information content (AvgIpc) is 3.59. The minimum atomic E-state index is -0.495. The number of nitriles is 1. The van der Waals surface area contributed by atoms with Crippen molar-refractivity contribution < 1.29 is 9.18 Å². The molecule has 0 bridgehead atoms. The summed E-state index contributed by atoms with van der Waals surface area (Å²) in [6.45, 7) is 3.23. The summed E-state index contributed by atoms with van der Waals surface area (Å²) in [6.07, 6.45) is 5.17. The molecule has 1 aromatic heterocycles. The Morgan fingerprint density at radius 2 is 2.19 bits per heavy atom. The molecule has 1 saturated heterocycles. The van der Waals surface area contributed by atoms with Crippen molar-refractivity contribution in [3.05, 3.63) is 57.4 Å². The van der Waals surface area contributed by atoms with E-state index in [1.165, 1.54) is 12.3 Å². The Labute approximate surface area is 179 Å². The lowest BCUT2D eigenvalue weighted by molar-refractivity contribution is 0.160. The molecular formula is C22H25FN6O2. The molecule has 4 rings (SSSR count). The highest BCUT2D eigenvalue weighted by atomic mass is 19.1. The first kappa shape index (κ1) is 20.8. The standard InChI is InChI=1S/C22H25FN6O2/c1-14-9-16(19(23)10-15(14)11-24)12-26-22(31)29(17-4-5-17)18-3-2-8-28(13-18)20-6-7-25-21(30)27-20/h6-7,9-10,17-18H,2-5,8,12-13H2,1H3,(H,26,31)(H,25,27,30)/t18-/m1/s1. The number of hydrogen-bond donors (Lipinski definition) is 2. The fraction of sp³-hybridized carbons (Fsp3) is 0.455. The molecule has 2 amide bonds. The Balaban J connectivity index is 1.45. The molecule has 0 radical (unpaired) electrons. The minimum absolute atomic E-state index is 0.00506. The van der Waals surface area contributed by atoms with Gasteiger partial charge in [0.15, 0.2) is 0 Å². The van der Waals surface area contributed by atoms with Crippen LogP contribution >= 0.6 is 0 Å². The maximum absolute atomic E-state index is 14.3. The molecule has 2 aromatic rings. The molecular weight excluding hydrogens is 399 g/mol. The van der Waals surface area contributed by atoms with Gasteiger partial charge in [0.2, 0.25) is 0 Å². The third-order valence-electron chi connectivity index (χ3n) is 5.91. The number of aromatic nitrogens is 2. The van der Waals surface area contributed by atoms with Gasteiger partial charge in [0, 0.05) is 37.4 Å². The molecule has 2 fully saturated rings. The first-order valence-corrected chi connectivity index (χ1v) is 10.5. The van der Waals surface area contributed by atoms with Gasteiger partial charge < -0.3 is 15.1 Å². The number of nitrogens with zero attached hydrogens (tertiary/aromatic N) is 4. The maximum atomic E-state index is 14.3. The normalized spacial score (nSPS) is 18.4. The molecule has 2 N–H and O–H groups in total. The number of benzene rings is 1. The van der Waals surface area contributed by atoms with E-state index in [1.54, 1.807) is 19.1 Å².